The number of hydrogen-bond acceptors (Lipinski definition) is 3. The summed E-state index contributed by atoms with van der Waals surface area (Å²) >= 11 is 0. The maximum Gasteiger partial charge on any atom is 0.306 e. The minimum absolute atomic E-state index is 0.0792. The van der Waals surface area contributed by atoms with Gasteiger partial charge < -0.3 is 14.8 Å². The molecule has 0 radical (unpaired) electrons. The van der Waals surface area contributed by atoms with Crippen LogP contribution in [-0.2, 0) is 4.79 Å². The lowest BCUT2D eigenvalue weighted by Gasteiger charge is -2.10. The Bertz CT molecular complexity index is 707. The molecule has 0 aromatic carbocycles. The van der Waals surface area contributed by atoms with Crippen LogP contribution in [0.15, 0.2) is 24.4 Å². The molecule has 0 spiro atoms. The second kappa shape index (κ2) is 5.20. The fourth-order valence-corrected chi connectivity index (χ4v) is 2.85. The second-order valence-electron chi connectivity index (χ2n) is 5.54. The molecule has 2 aromatic heterocycles. The van der Waals surface area contributed by atoms with Crippen molar-refractivity contribution in [2.24, 2.45) is 5.92 Å². The number of aliphatic carboxylic acids is 1. The van der Waals surface area contributed by atoms with E-state index in [1.54, 1.807) is 6.20 Å². The highest BCUT2D eigenvalue weighted by molar-refractivity contribution is 5.93. The highest BCUT2D eigenvalue weighted by Gasteiger charge is 2.31. The SMILES string of the molecule is Cc1cccc2nc(C(=O)NC3CCC(C(=O)O)C3)cn12. The minimum Gasteiger partial charge on any atom is -0.481 e. The van der Waals surface area contributed by atoms with Gasteiger partial charge in [-0.3, -0.25) is 9.59 Å². The standard InChI is InChI=1S/C15H17N3O3/c1-9-3-2-4-13-17-12(8-18(9)13)14(19)16-11-6-5-10(7-11)15(20)21/h2-4,8,10-11H,5-7H2,1H3,(H,16,19)(H,20,21). The van der Waals surface area contributed by atoms with E-state index in [0.717, 1.165) is 11.3 Å². The summed E-state index contributed by atoms with van der Waals surface area (Å²) in [5, 5.41) is 11.9. The topological polar surface area (TPSA) is 83.7 Å². The van der Waals surface area contributed by atoms with Crippen LogP contribution in [0.25, 0.3) is 5.65 Å². The number of aryl methyl sites for hydroxylation is 1. The molecule has 0 saturated heterocycles. The molecule has 1 saturated carbocycles. The Balaban J connectivity index is 1.73. The molecule has 2 N–H and O–H groups in total. The Labute approximate surface area is 121 Å². The summed E-state index contributed by atoms with van der Waals surface area (Å²) in [6, 6.07) is 5.61. The highest BCUT2D eigenvalue weighted by atomic mass is 16.4. The molecule has 110 valence electrons. The molecule has 2 aromatic rings. The van der Waals surface area contributed by atoms with Gasteiger partial charge in [-0.15, -0.1) is 0 Å². The summed E-state index contributed by atoms with van der Waals surface area (Å²) in [5.74, 6) is -1.37. The number of nitrogens with one attached hydrogen (secondary N) is 1. The van der Waals surface area contributed by atoms with Gasteiger partial charge >= 0.3 is 5.97 Å². The van der Waals surface area contributed by atoms with Gasteiger partial charge in [-0.1, -0.05) is 6.07 Å². The van der Waals surface area contributed by atoms with Crippen LogP contribution in [0.5, 0.6) is 0 Å². The molecule has 2 heterocycles. The normalized spacial score (nSPS) is 21.6. The number of nitrogens with zero attached hydrogens (tertiary/aromatic N) is 2. The molecule has 21 heavy (non-hydrogen) atoms. The summed E-state index contributed by atoms with van der Waals surface area (Å²) in [7, 11) is 0. The zero-order valence-electron chi connectivity index (χ0n) is 11.7. The Kier molecular flexibility index (Phi) is 3.37. The lowest BCUT2D eigenvalue weighted by molar-refractivity contribution is -0.141. The van der Waals surface area contributed by atoms with Crippen molar-refractivity contribution in [1.29, 1.82) is 0 Å². The van der Waals surface area contributed by atoms with Crippen molar-refractivity contribution in [3.05, 3.63) is 35.8 Å². The molecule has 0 aliphatic heterocycles. The van der Waals surface area contributed by atoms with E-state index in [1.165, 1.54) is 0 Å². The number of carboxylic acids is 1. The summed E-state index contributed by atoms with van der Waals surface area (Å²) in [4.78, 5) is 27.5. The molecular formula is C15H17N3O3. The molecule has 1 aliphatic rings. The number of carbonyl (C=O) groups excluding carboxylic acids is 1. The fraction of sp³-hybridized carbons (Fsp3) is 0.400. The summed E-state index contributed by atoms with van der Waals surface area (Å²) in [6.45, 7) is 1.95. The average molecular weight is 287 g/mol. The van der Waals surface area contributed by atoms with Gasteiger partial charge in [-0.2, -0.15) is 0 Å². The van der Waals surface area contributed by atoms with E-state index in [-0.39, 0.29) is 17.9 Å². The van der Waals surface area contributed by atoms with Gasteiger partial charge in [0.1, 0.15) is 11.3 Å². The molecule has 0 bridgehead atoms. The van der Waals surface area contributed by atoms with Gasteiger partial charge in [-0.25, -0.2) is 4.98 Å². The van der Waals surface area contributed by atoms with E-state index in [0.29, 0.717) is 25.0 Å². The van der Waals surface area contributed by atoms with Crippen LogP contribution in [0.3, 0.4) is 0 Å². The Morgan fingerprint density at radius 2 is 2.19 bits per heavy atom. The van der Waals surface area contributed by atoms with E-state index in [4.69, 9.17) is 5.11 Å². The third-order valence-corrected chi connectivity index (χ3v) is 4.05. The van der Waals surface area contributed by atoms with Crippen molar-refractivity contribution >= 4 is 17.5 Å². The van der Waals surface area contributed by atoms with Crippen LogP contribution in [0.2, 0.25) is 0 Å². The van der Waals surface area contributed by atoms with Crippen molar-refractivity contribution in [3.8, 4) is 0 Å². The lowest BCUT2D eigenvalue weighted by Crippen LogP contribution is -2.33. The van der Waals surface area contributed by atoms with E-state index in [2.05, 4.69) is 10.3 Å². The molecular weight excluding hydrogens is 270 g/mol. The van der Waals surface area contributed by atoms with Crippen LogP contribution in [0, 0.1) is 12.8 Å². The fourth-order valence-electron chi connectivity index (χ4n) is 2.85. The van der Waals surface area contributed by atoms with Gasteiger partial charge in [0.15, 0.2) is 0 Å². The second-order valence-corrected chi connectivity index (χ2v) is 5.54. The van der Waals surface area contributed by atoms with Crippen molar-refractivity contribution in [2.45, 2.75) is 32.2 Å². The first-order valence-corrected chi connectivity index (χ1v) is 7.03. The maximum atomic E-state index is 12.2. The zero-order chi connectivity index (χ0) is 15.0. The minimum atomic E-state index is -0.782. The van der Waals surface area contributed by atoms with Gasteiger partial charge in [0.25, 0.3) is 5.91 Å². The van der Waals surface area contributed by atoms with Crippen LogP contribution < -0.4 is 5.32 Å². The molecule has 1 fully saturated rings. The lowest BCUT2D eigenvalue weighted by atomic mass is 10.1. The molecule has 3 rings (SSSR count). The number of hydrogen-bond donors (Lipinski definition) is 2. The van der Waals surface area contributed by atoms with E-state index < -0.39 is 5.97 Å². The third kappa shape index (κ3) is 2.61. The van der Waals surface area contributed by atoms with Gasteiger partial charge in [0.2, 0.25) is 0 Å². The van der Waals surface area contributed by atoms with Gasteiger partial charge in [-0.05, 0) is 38.3 Å². The third-order valence-electron chi connectivity index (χ3n) is 4.05. The first kappa shape index (κ1) is 13.6. The van der Waals surface area contributed by atoms with Crippen molar-refractivity contribution in [1.82, 2.24) is 14.7 Å². The number of amides is 1. The largest absolute Gasteiger partial charge is 0.481 e. The van der Waals surface area contributed by atoms with Crippen LogP contribution in [-0.4, -0.2) is 32.4 Å². The average Bonchev–Trinajstić information content (AvgIpc) is 3.05. The van der Waals surface area contributed by atoms with E-state index in [1.807, 2.05) is 29.5 Å². The smallest absolute Gasteiger partial charge is 0.306 e. The first-order chi connectivity index (χ1) is 10.0. The van der Waals surface area contributed by atoms with Crippen molar-refractivity contribution in [2.75, 3.05) is 0 Å². The number of imidazole rings is 1. The van der Waals surface area contributed by atoms with E-state index >= 15 is 0 Å². The van der Waals surface area contributed by atoms with Crippen molar-refractivity contribution in [3.63, 3.8) is 0 Å². The van der Waals surface area contributed by atoms with Gasteiger partial charge in [0, 0.05) is 17.9 Å². The van der Waals surface area contributed by atoms with Crippen LogP contribution >= 0.6 is 0 Å². The zero-order valence-corrected chi connectivity index (χ0v) is 11.7. The predicted octanol–water partition coefficient (Wildman–Crippen LogP) is 1.63. The molecule has 6 nitrogen and oxygen atoms in total. The number of fused-ring (bicyclic) bond motifs is 1. The monoisotopic (exact) mass is 287 g/mol. The molecule has 2 atom stereocenters. The number of carbonyl (C=O) groups is 2. The molecule has 1 amide bonds. The maximum absolute atomic E-state index is 12.2. The predicted molar refractivity (Wildman–Crippen MR) is 76.2 cm³/mol. The van der Waals surface area contributed by atoms with Gasteiger partial charge in [0.05, 0.1) is 5.92 Å². The van der Waals surface area contributed by atoms with Crippen LogP contribution in [0.4, 0.5) is 0 Å². The number of pyridine rings is 1. The summed E-state index contributed by atoms with van der Waals surface area (Å²) in [5.41, 5.74) is 2.10. The van der Waals surface area contributed by atoms with E-state index in [9.17, 15) is 9.59 Å². The summed E-state index contributed by atoms with van der Waals surface area (Å²) < 4.78 is 1.86. The Morgan fingerprint density at radius 1 is 1.38 bits per heavy atom. The quantitative estimate of drug-likeness (QED) is 0.898. The van der Waals surface area contributed by atoms with Crippen molar-refractivity contribution < 1.29 is 14.7 Å². The number of aromatic nitrogens is 2. The molecule has 1 aliphatic carbocycles. The van der Waals surface area contributed by atoms with Crippen LogP contribution in [0.1, 0.15) is 35.4 Å². The number of carboxylic acid groups (broad SMARTS) is 1. The number of rotatable bonds is 3. The molecule has 6 heteroatoms. The first-order valence-electron chi connectivity index (χ1n) is 7.03. The Morgan fingerprint density at radius 3 is 2.86 bits per heavy atom. The summed E-state index contributed by atoms with van der Waals surface area (Å²) in [6.07, 6.45) is 3.52. The Hall–Kier alpha value is -2.37. The molecule has 2 unspecified atom stereocenters. The highest BCUT2D eigenvalue weighted by Crippen LogP contribution is 2.25.